The van der Waals surface area contributed by atoms with E-state index in [4.69, 9.17) is 0 Å². The maximum absolute atomic E-state index is 11.5. The lowest BCUT2D eigenvalue weighted by Crippen LogP contribution is -2.24. The molecule has 0 aliphatic carbocycles. The molecule has 0 heterocycles. The molecule has 98 valence electrons. The molecule has 0 spiro atoms. The number of benzene rings is 2. The van der Waals surface area contributed by atoms with Crippen LogP contribution in [0.4, 0.5) is 0 Å². The second-order valence-electron chi connectivity index (χ2n) is 4.01. The zero-order chi connectivity index (χ0) is 13.7. The summed E-state index contributed by atoms with van der Waals surface area (Å²) in [5, 5.41) is 14.3. The van der Waals surface area contributed by atoms with Crippen molar-refractivity contribution in [1.82, 2.24) is 5.32 Å². The van der Waals surface area contributed by atoms with E-state index in [1.54, 1.807) is 12.1 Å². The quantitative estimate of drug-likeness (QED) is 0.650. The number of thioether (sulfide) groups is 1. The molecular weight excluding hydrogens is 258 g/mol. The second-order valence-corrected chi connectivity index (χ2v) is 5.03. The van der Waals surface area contributed by atoms with E-state index in [2.05, 4.69) is 11.9 Å². The molecule has 0 radical (unpaired) electrons. The molecule has 1 amide bonds. The summed E-state index contributed by atoms with van der Waals surface area (Å²) in [7, 11) is 0. The predicted octanol–water partition coefficient (Wildman–Crippen LogP) is 2.94. The smallest absolute Gasteiger partial charge is 0.230 e. The van der Waals surface area contributed by atoms with Crippen LogP contribution in [0.2, 0.25) is 0 Å². The zero-order valence-corrected chi connectivity index (χ0v) is 11.2. The monoisotopic (exact) mass is 273 g/mol. The molecule has 2 N–H and O–H groups in total. The molecule has 0 saturated heterocycles. The van der Waals surface area contributed by atoms with Gasteiger partial charge in [-0.15, -0.1) is 18.3 Å². The molecule has 0 atom stereocenters. The Labute approximate surface area is 116 Å². The van der Waals surface area contributed by atoms with Crippen molar-refractivity contribution in [1.29, 1.82) is 0 Å². The maximum atomic E-state index is 11.5. The summed E-state index contributed by atoms with van der Waals surface area (Å²) >= 11 is 1.46. The van der Waals surface area contributed by atoms with Gasteiger partial charge in [-0.1, -0.05) is 30.3 Å². The fourth-order valence-corrected chi connectivity index (χ4v) is 2.65. The van der Waals surface area contributed by atoms with Gasteiger partial charge in [0.1, 0.15) is 5.75 Å². The highest BCUT2D eigenvalue weighted by molar-refractivity contribution is 8.00. The van der Waals surface area contributed by atoms with Crippen LogP contribution in [0.3, 0.4) is 0 Å². The number of phenols is 1. The van der Waals surface area contributed by atoms with Gasteiger partial charge in [0.2, 0.25) is 5.91 Å². The van der Waals surface area contributed by atoms with Crippen LogP contribution in [0, 0.1) is 0 Å². The number of hydrogen-bond donors (Lipinski definition) is 2. The summed E-state index contributed by atoms with van der Waals surface area (Å²) in [4.78, 5) is 12.5. The topological polar surface area (TPSA) is 49.3 Å². The van der Waals surface area contributed by atoms with Crippen molar-refractivity contribution in [3.05, 3.63) is 49.1 Å². The lowest BCUT2D eigenvalue weighted by Gasteiger charge is -2.07. The Morgan fingerprint density at radius 1 is 1.26 bits per heavy atom. The van der Waals surface area contributed by atoms with Crippen LogP contribution in [0.15, 0.2) is 53.9 Å². The number of phenolic OH excluding ortho intramolecular Hbond substituents is 1. The number of carbonyl (C=O) groups excluding carboxylic acids is 1. The highest BCUT2D eigenvalue weighted by Crippen LogP contribution is 2.32. The highest BCUT2D eigenvalue weighted by atomic mass is 32.2. The minimum atomic E-state index is -0.0259. The third-order valence-electron chi connectivity index (χ3n) is 2.66. The number of amides is 1. The van der Waals surface area contributed by atoms with E-state index in [-0.39, 0.29) is 11.7 Å². The van der Waals surface area contributed by atoms with E-state index in [0.717, 1.165) is 15.7 Å². The van der Waals surface area contributed by atoms with Crippen LogP contribution in [0.5, 0.6) is 5.75 Å². The largest absolute Gasteiger partial charge is 0.507 e. The van der Waals surface area contributed by atoms with Crippen LogP contribution in [-0.2, 0) is 4.79 Å². The summed E-state index contributed by atoms with van der Waals surface area (Å²) < 4.78 is 0. The van der Waals surface area contributed by atoms with Gasteiger partial charge >= 0.3 is 0 Å². The Balaban J connectivity index is 2.15. The van der Waals surface area contributed by atoms with Gasteiger partial charge in [0.15, 0.2) is 0 Å². The fourth-order valence-electron chi connectivity index (χ4n) is 1.76. The molecule has 2 aromatic carbocycles. The van der Waals surface area contributed by atoms with Gasteiger partial charge in [-0.05, 0) is 17.5 Å². The summed E-state index contributed by atoms with van der Waals surface area (Å²) in [6.07, 6.45) is 1.65. The van der Waals surface area contributed by atoms with Crippen LogP contribution >= 0.6 is 11.8 Å². The van der Waals surface area contributed by atoms with Crippen LogP contribution in [0.25, 0.3) is 10.8 Å². The Hall–Kier alpha value is -1.94. The number of carbonyl (C=O) groups is 1. The molecule has 0 aliphatic rings. The molecule has 4 heteroatoms. The normalized spacial score (nSPS) is 10.3. The van der Waals surface area contributed by atoms with Crippen molar-refractivity contribution in [2.75, 3.05) is 12.3 Å². The SMILES string of the molecule is C=CCNC(=O)CSc1ccc(O)c2ccccc12. The Bertz CT molecular complexity index is 610. The third kappa shape index (κ3) is 3.29. The molecule has 3 nitrogen and oxygen atoms in total. The summed E-state index contributed by atoms with van der Waals surface area (Å²) in [6.45, 7) is 4.03. The standard InChI is InChI=1S/C15H15NO2S/c1-2-9-16-15(18)10-19-14-8-7-13(17)11-5-3-4-6-12(11)14/h2-8,17H,1,9-10H2,(H,16,18). The zero-order valence-electron chi connectivity index (χ0n) is 10.4. The van der Waals surface area contributed by atoms with Gasteiger partial charge in [0.25, 0.3) is 0 Å². The molecule has 0 aliphatic heterocycles. The van der Waals surface area contributed by atoms with Crippen molar-refractivity contribution >= 4 is 28.4 Å². The van der Waals surface area contributed by atoms with Gasteiger partial charge in [-0.3, -0.25) is 4.79 Å². The van der Waals surface area contributed by atoms with Gasteiger partial charge in [-0.25, -0.2) is 0 Å². The highest BCUT2D eigenvalue weighted by Gasteiger charge is 2.07. The number of aromatic hydroxyl groups is 1. The number of hydrogen-bond acceptors (Lipinski definition) is 3. The summed E-state index contributed by atoms with van der Waals surface area (Å²) in [5.41, 5.74) is 0. The van der Waals surface area contributed by atoms with Crippen molar-refractivity contribution in [3.8, 4) is 5.75 Å². The first-order valence-corrected chi connectivity index (χ1v) is 6.92. The number of rotatable bonds is 5. The minimum absolute atomic E-state index is 0.0259. The van der Waals surface area contributed by atoms with E-state index in [0.29, 0.717) is 12.3 Å². The summed E-state index contributed by atoms with van der Waals surface area (Å²) in [6, 6.07) is 11.1. The molecular formula is C15H15NO2S. The van der Waals surface area contributed by atoms with E-state index in [9.17, 15) is 9.90 Å². The van der Waals surface area contributed by atoms with E-state index >= 15 is 0 Å². The molecule has 0 aromatic heterocycles. The Morgan fingerprint density at radius 2 is 2.00 bits per heavy atom. The minimum Gasteiger partial charge on any atom is -0.507 e. The molecule has 0 saturated carbocycles. The van der Waals surface area contributed by atoms with Gasteiger partial charge in [0, 0.05) is 16.8 Å². The van der Waals surface area contributed by atoms with Crippen molar-refractivity contribution in [2.24, 2.45) is 0 Å². The van der Waals surface area contributed by atoms with E-state index in [1.807, 2.05) is 30.3 Å². The van der Waals surface area contributed by atoms with Crippen LogP contribution < -0.4 is 5.32 Å². The average molecular weight is 273 g/mol. The first-order valence-electron chi connectivity index (χ1n) is 5.93. The number of nitrogens with one attached hydrogen (secondary N) is 1. The molecule has 2 aromatic rings. The van der Waals surface area contributed by atoms with Crippen molar-refractivity contribution in [3.63, 3.8) is 0 Å². The molecule has 0 unspecified atom stereocenters. The first-order chi connectivity index (χ1) is 9.22. The molecule has 0 bridgehead atoms. The first kappa shape index (κ1) is 13.5. The average Bonchev–Trinajstić information content (AvgIpc) is 2.45. The lowest BCUT2D eigenvalue weighted by molar-refractivity contribution is -0.118. The Kier molecular flexibility index (Phi) is 4.47. The fraction of sp³-hybridized carbons (Fsp3) is 0.133. The van der Waals surface area contributed by atoms with Gasteiger partial charge < -0.3 is 10.4 Å². The van der Waals surface area contributed by atoms with Crippen LogP contribution in [-0.4, -0.2) is 23.3 Å². The predicted molar refractivity (Wildman–Crippen MR) is 79.5 cm³/mol. The van der Waals surface area contributed by atoms with E-state index < -0.39 is 0 Å². The molecule has 0 fully saturated rings. The second kappa shape index (κ2) is 6.29. The Morgan fingerprint density at radius 3 is 2.74 bits per heavy atom. The van der Waals surface area contributed by atoms with Gasteiger partial charge in [0.05, 0.1) is 5.75 Å². The maximum Gasteiger partial charge on any atom is 0.230 e. The summed E-state index contributed by atoms with van der Waals surface area (Å²) in [5.74, 6) is 0.584. The molecule has 19 heavy (non-hydrogen) atoms. The lowest BCUT2D eigenvalue weighted by atomic mass is 10.1. The third-order valence-corrected chi connectivity index (χ3v) is 3.74. The number of fused-ring (bicyclic) bond motifs is 1. The molecule has 2 rings (SSSR count). The van der Waals surface area contributed by atoms with Crippen LogP contribution in [0.1, 0.15) is 0 Å². The van der Waals surface area contributed by atoms with E-state index in [1.165, 1.54) is 11.8 Å². The van der Waals surface area contributed by atoms with Crippen molar-refractivity contribution in [2.45, 2.75) is 4.90 Å². The van der Waals surface area contributed by atoms with Gasteiger partial charge in [-0.2, -0.15) is 0 Å². The van der Waals surface area contributed by atoms with Crippen molar-refractivity contribution < 1.29 is 9.90 Å².